The monoisotopic (exact) mass is 359 g/mol. The van der Waals surface area contributed by atoms with Crippen LogP contribution in [0.2, 0.25) is 0 Å². The average molecular weight is 359 g/mol. The van der Waals surface area contributed by atoms with Crippen LogP contribution in [0.5, 0.6) is 0 Å². The third kappa shape index (κ3) is 3.68. The summed E-state index contributed by atoms with van der Waals surface area (Å²) in [6.07, 6.45) is 3.92. The van der Waals surface area contributed by atoms with Crippen LogP contribution in [0.15, 0.2) is 12.3 Å². The predicted molar refractivity (Wildman–Crippen MR) is 94.5 cm³/mol. The van der Waals surface area contributed by atoms with Crippen LogP contribution in [-0.4, -0.2) is 43.6 Å². The summed E-state index contributed by atoms with van der Waals surface area (Å²) in [6, 6.07) is 1.88. The molecule has 8 heteroatoms. The molecule has 1 aliphatic carbocycles. The van der Waals surface area contributed by atoms with Gasteiger partial charge in [0.05, 0.1) is 0 Å². The summed E-state index contributed by atoms with van der Waals surface area (Å²) in [5.41, 5.74) is 0.799. The van der Waals surface area contributed by atoms with Gasteiger partial charge >= 0.3 is 5.97 Å². The Balaban J connectivity index is 1.62. The van der Waals surface area contributed by atoms with Crippen LogP contribution < -0.4 is 5.32 Å². The quantitative estimate of drug-likeness (QED) is 0.838. The number of nitrogens with zero attached hydrogens (tertiary/aromatic N) is 4. The average Bonchev–Trinajstić information content (AvgIpc) is 3.04. The Morgan fingerprint density at radius 2 is 2.12 bits per heavy atom. The van der Waals surface area contributed by atoms with E-state index in [4.69, 9.17) is 4.74 Å². The number of ether oxygens (including phenoxy) is 1. The molecule has 140 valence electrons. The van der Waals surface area contributed by atoms with Gasteiger partial charge in [0.2, 0.25) is 0 Å². The first-order valence-electron chi connectivity index (χ1n) is 9.06. The highest BCUT2D eigenvalue weighted by Gasteiger charge is 2.30. The standard InChI is InChI=1S/C18H25N5O3/c1-10-6-5-7-14(12(10)3)20-16(24)13(4)26-17(25)15-21-18-19-9-8-11(2)23(18)22-15/h8-10,12-14H,5-7H2,1-4H3,(H,20,24). The smallest absolute Gasteiger partial charge is 0.379 e. The summed E-state index contributed by atoms with van der Waals surface area (Å²) in [7, 11) is 0. The van der Waals surface area contributed by atoms with E-state index < -0.39 is 12.1 Å². The number of aryl methyl sites for hydroxylation is 1. The van der Waals surface area contributed by atoms with Crippen LogP contribution in [0.1, 0.15) is 56.3 Å². The maximum atomic E-state index is 12.4. The molecule has 1 saturated carbocycles. The number of carbonyl (C=O) groups excluding carboxylic acids is 2. The van der Waals surface area contributed by atoms with Crippen LogP contribution in [0.4, 0.5) is 0 Å². The number of amides is 1. The van der Waals surface area contributed by atoms with Crippen molar-refractivity contribution in [3.05, 3.63) is 23.8 Å². The van der Waals surface area contributed by atoms with E-state index in [-0.39, 0.29) is 17.8 Å². The molecule has 2 aromatic heterocycles. The Morgan fingerprint density at radius 3 is 2.85 bits per heavy atom. The Labute approximate surface area is 152 Å². The number of aromatic nitrogens is 4. The second-order valence-corrected chi connectivity index (χ2v) is 7.16. The summed E-state index contributed by atoms with van der Waals surface area (Å²) < 4.78 is 6.72. The molecule has 0 aromatic carbocycles. The van der Waals surface area contributed by atoms with Gasteiger partial charge in [0.25, 0.3) is 17.5 Å². The van der Waals surface area contributed by atoms with Gasteiger partial charge in [-0.05, 0) is 38.2 Å². The molecule has 0 bridgehead atoms. The normalized spacial score (nSPS) is 24.2. The van der Waals surface area contributed by atoms with Gasteiger partial charge in [-0.25, -0.2) is 14.3 Å². The minimum atomic E-state index is -0.910. The fourth-order valence-corrected chi connectivity index (χ4v) is 3.35. The molecule has 8 nitrogen and oxygen atoms in total. The lowest BCUT2D eigenvalue weighted by Crippen LogP contribution is -2.47. The molecule has 1 amide bonds. The minimum absolute atomic E-state index is 0.105. The van der Waals surface area contributed by atoms with Crippen molar-refractivity contribution in [2.24, 2.45) is 11.8 Å². The fourth-order valence-electron chi connectivity index (χ4n) is 3.35. The zero-order valence-electron chi connectivity index (χ0n) is 15.6. The van der Waals surface area contributed by atoms with Crippen molar-refractivity contribution in [3.8, 4) is 0 Å². The Hall–Kier alpha value is -2.51. The number of carbonyl (C=O) groups is 2. The van der Waals surface area contributed by atoms with E-state index in [9.17, 15) is 9.59 Å². The molecule has 1 aliphatic rings. The zero-order valence-corrected chi connectivity index (χ0v) is 15.6. The molecular formula is C18H25N5O3. The molecule has 1 N–H and O–H groups in total. The largest absolute Gasteiger partial charge is 0.447 e. The van der Waals surface area contributed by atoms with Crippen molar-refractivity contribution in [2.45, 2.75) is 59.1 Å². The van der Waals surface area contributed by atoms with Gasteiger partial charge in [0.15, 0.2) is 6.10 Å². The Kier molecular flexibility index (Phi) is 5.20. The lowest BCUT2D eigenvalue weighted by atomic mass is 9.78. The van der Waals surface area contributed by atoms with Crippen molar-refractivity contribution in [1.29, 1.82) is 0 Å². The predicted octanol–water partition coefficient (Wildman–Crippen LogP) is 1.92. The van der Waals surface area contributed by atoms with Crippen LogP contribution in [0.3, 0.4) is 0 Å². The van der Waals surface area contributed by atoms with E-state index >= 15 is 0 Å². The summed E-state index contributed by atoms with van der Waals surface area (Å²) in [5, 5.41) is 7.12. The number of hydrogen-bond donors (Lipinski definition) is 1. The first-order valence-corrected chi connectivity index (χ1v) is 9.06. The van der Waals surface area contributed by atoms with Gasteiger partial charge in [-0.3, -0.25) is 4.79 Å². The Morgan fingerprint density at radius 1 is 1.35 bits per heavy atom. The van der Waals surface area contributed by atoms with Gasteiger partial charge in [-0.1, -0.05) is 26.7 Å². The molecule has 1 fully saturated rings. The summed E-state index contributed by atoms with van der Waals surface area (Å²) >= 11 is 0. The number of nitrogens with one attached hydrogen (secondary N) is 1. The zero-order chi connectivity index (χ0) is 18.8. The Bertz CT molecular complexity index is 818. The molecule has 26 heavy (non-hydrogen) atoms. The maximum absolute atomic E-state index is 12.4. The second-order valence-electron chi connectivity index (χ2n) is 7.16. The third-order valence-corrected chi connectivity index (χ3v) is 5.30. The number of fused-ring (bicyclic) bond motifs is 1. The van der Waals surface area contributed by atoms with Crippen LogP contribution in [-0.2, 0) is 9.53 Å². The van der Waals surface area contributed by atoms with E-state index in [0.717, 1.165) is 18.5 Å². The molecule has 4 atom stereocenters. The molecule has 0 radical (unpaired) electrons. The number of esters is 1. The van der Waals surface area contributed by atoms with Gasteiger partial charge in [-0.15, -0.1) is 5.10 Å². The van der Waals surface area contributed by atoms with Gasteiger partial charge in [0, 0.05) is 17.9 Å². The summed E-state index contributed by atoms with van der Waals surface area (Å²) in [6.45, 7) is 7.75. The first-order chi connectivity index (χ1) is 12.4. The molecule has 4 unspecified atom stereocenters. The van der Waals surface area contributed by atoms with Crippen LogP contribution in [0, 0.1) is 18.8 Å². The van der Waals surface area contributed by atoms with Gasteiger partial charge < -0.3 is 10.1 Å². The molecular weight excluding hydrogens is 334 g/mol. The highest BCUT2D eigenvalue weighted by molar-refractivity contribution is 5.89. The van der Waals surface area contributed by atoms with Crippen molar-refractivity contribution >= 4 is 17.7 Å². The highest BCUT2D eigenvalue weighted by atomic mass is 16.5. The SMILES string of the molecule is Cc1ccnc2nc(C(=O)OC(C)C(=O)NC3CCCC(C)C3C)nn12. The van der Waals surface area contributed by atoms with E-state index in [1.54, 1.807) is 19.2 Å². The fraction of sp³-hybridized carbons (Fsp3) is 0.611. The molecule has 0 aliphatic heterocycles. The second kappa shape index (κ2) is 7.39. The minimum Gasteiger partial charge on any atom is -0.447 e. The summed E-state index contributed by atoms with van der Waals surface area (Å²) in [5.74, 6) is 0.171. The van der Waals surface area contributed by atoms with E-state index in [2.05, 4.69) is 34.2 Å². The number of hydrogen-bond acceptors (Lipinski definition) is 6. The number of rotatable bonds is 4. The molecule has 0 spiro atoms. The van der Waals surface area contributed by atoms with Crippen molar-refractivity contribution in [2.75, 3.05) is 0 Å². The van der Waals surface area contributed by atoms with Gasteiger partial charge in [-0.2, -0.15) is 4.98 Å². The summed E-state index contributed by atoms with van der Waals surface area (Å²) in [4.78, 5) is 32.8. The van der Waals surface area contributed by atoms with Gasteiger partial charge in [0.1, 0.15) is 0 Å². The molecule has 0 saturated heterocycles. The third-order valence-electron chi connectivity index (χ3n) is 5.30. The maximum Gasteiger partial charge on any atom is 0.379 e. The van der Waals surface area contributed by atoms with Crippen LogP contribution >= 0.6 is 0 Å². The van der Waals surface area contributed by atoms with E-state index in [0.29, 0.717) is 17.6 Å². The topological polar surface area (TPSA) is 98.5 Å². The van der Waals surface area contributed by atoms with E-state index in [1.165, 1.54) is 10.9 Å². The highest BCUT2D eigenvalue weighted by Crippen LogP contribution is 2.29. The lowest BCUT2D eigenvalue weighted by molar-refractivity contribution is -0.130. The van der Waals surface area contributed by atoms with Crippen molar-refractivity contribution in [3.63, 3.8) is 0 Å². The molecule has 2 aromatic rings. The molecule has 2 heterocycles. The molecule has 3 rings (SSSR count). The van der Waals surface area contributed by atoms with Crippen LogP contribution in [0.25, 0.3) is 5.78 Å². The van der Waals surface area contributed by atoms with Crippen molar-refractivity contribution < 1.29 is 14.3 Å². The van der Waals surface area contributed by atoms with Crippen molar-refractivity contribution in [1.82, 2.24) is 24.9 Å². The first kappa shape index (κ1) is 18.3. The lowest BCUT2D eigenvalue weighted by Gasteiger charge is -2.35. The van der Waals surface area contributed by atoms with E-state index in [1.807, 2.05) is 6.92 Å².